The topological polar surface area (TPSA) is 25.8 Å². The van der Waals surface area contributed by atoms with Gasteiger partial charge in [-0.05, 0) is 23.3 Å². The summed E-state index contributed by atoms with van der Waals surface area (Å²) in [7, 11) is 0. The molecule has 94 valence electrons. The molecule has 1 heterocycles. The average Bonchev–Trinajstić information content (AvgIpc) is 2.82. The Morgan fingerprint density at radius 3 is 2.65 bits per heavy atom. The number of allylic oxidation sites excluding steroid dienone is 8. The van der Waals surface area contributed by atoms with E-state index in [1.165, 1.54) is 11.1 Å². The number of aromatic nitrogens is 2. The summed E-state index contributed by atoms with van der Waals surface area (Å²) in [6.07, 6.45) is 13.1. The third-order valence-electron chi connectivity index (χ3n) is 4.41. The molecule has 1 aromatic carbocycles. The van der Waals surface area contributed by atoms with Gasteiger partial charge in [-0.25, -0.2) is 9.97 Å². The number of nitrogens with zero attached hydrogens (tertiary/aromatic N) is 2. The Balaban J connectivity index is 1.87. The van der Waals surface area contributed by atoms with Crippen LogP contribution in [0.5, 0.6) is 0 Å². The lowest BCUT2D eigenvalue weighted by Gasteiger charge is -2.24. The van der Waals surface area contributed by atoms with Crippen LogP contribution < -0.4 is 0 Å². The molecule has 0 bridgehead atoms. The van der Waals surface area contributed by atoms with Crippen molar-refractivity contribution in [2.45, 2.75) is 5.92 Å². The Morgan fingerprint density at radius 1 is 0.900 bits per heavy atom. The fourth-order valence-electron chi connectivity index (χ4n) is 3.54. The first-order valence-electron chi connectivity index (χ1n) is 6.95. The molecule has 5 rings (SSSR count). The van der Waals surface area contributed by atoms with Crippen molar-refractivity contribution in [2.24, 2.45) is 5.92 Å². The predicted octanol–water partition coefficient (Wildman–Crippen LogP) is 3.79. The molecule has 3 aliphatic carbocycles. The molecule has 0 amide bonds. The molecule has 2 aromatic rings. The van der Waals surface area contributed by atoms with Crippen LogP contribution in [0.15, 0.2) is 66.3 Å². The number of para-hydroxylation sites is 2. The molecule has 0 radical (unpaired) electrons. The average molecular weight is 256 g/mol. The molecular formula is C18H12N2. The van der Waals surface area contributed by atoms with Crippen LogP contribution in [0.3, 0.4) is 0 Å². The molecule has 20 heavy (non-hydrogen) atoms. The van der Waals surface area contributed by atoms with Crippen molar-refractivity contribution in [3.63, 3.8) is 0 Å². The third kappa shape index (κ3) is 1.19. The second-order valence-corrected chi connectivity index (χ2v) is 5.48. The number of hydrogen-bond acceptors (Lipinski definition) is 2. The van der Waals surface area contributed by atoms with E-state index in [1.54, 1.807) is 0 Å². The van der Waals surface area contributed by atoms with Crippen LogP contribution in [-0.2, 0) is 0 Å². The van der Waals surface area contributed by atoms with Crippen molar-refractivity contribution < 1.29 is 0 Å². The number of benzene rings is 1. The van der Waals surface area contributed by atoms with Gasteiger partial charge >= 0.3 is 0 Å². The lowest BCUT2D eigenvalue weighted by Crippen LogP contribution is -2.12. The largest absolute Gasteiger partial charge is 0.248 e. The quantitative estimate of drug-likeness (QED) is 0.716. The highest BCUT2D eigenvalue weighted by molar-refractivity contribution is 5.84. The van der Waals surface area contributed by atoms with Crippen LogP contribution in [0.25, 0.3) is 16.6 Å². The molecule has 0 saturated carbocycles. The van der Waals surface area contributed by atoms with Gasteiger partial charge < -0.3 is 0 Å². The Hall–Kier alpha value is -2.48. The Kier molecular flexibility index (Phi) is 1.83. The fraction of sp³-hybridized carbons (Fsp3) is 0.111. The second kappa shape index (κ2) is 3.54. The zero-order chi connectivity index (χ0) is 13.1. The zero-order valence-corrected chi connectivity index (χ0v) is 10.8. The highest BCUT2D eigenvalue weighted by Gasteiger charge is 2.40. The molecule has 0 unspecified atom stereocenters. The molecule has 2 atom stereocenters. The Morgan fingerprint density at radius 2 is 1.75 bits per heavy atom. The molecule has 2 heteroatoms. The van der Waals surface area contributed by atoms with Crippen LogP contribution in [0, 0.1) is 5.92 Å². The first kappa shape index (κ1) is 10.3. The molecule has 0 N–H and O–H groups in total. The number of rotatable bonds is 0. The summed E-state index contributed by atoms with van der Waals surface area (Å²) >= 11 is 0. The highest BCUT2D eigenvalue weighted by atomic mass is 14.9. The fourth-order valence-corrected chi connectivity index (χ4v) is 3.54. The van der Waals surface area contributed by atoms with Crippen LogP contribution in [0.1, 0.15) is 17.3 Å². The van der Waals surface area contributed by atoms with E-state index in [0.29, 0.717) is 11.8 Å². The van der Waals surface area contributed by atoms with E-state index >= 15 is 0 Å². The van der Waals surface area contributed by atoms with Gasteiger partial charge in [0.25, 0.3) is 0 Å². The first-order valence-corrected chi connectivity index (χ1v) is 6.95. The summed E-state index contributed by atoms with van der Waals surface area (Å²) in [4.78, 5) is 9.77. The van der Waals surface area contributed by atoms with Gasteiger partial charge in [-0.15, -0.1) is 0 Å². The summed E-state index contributed by atoms with van der Waals surface area (Å²) in [5.41, 5.74) is 6.88. The maximum atomic E-state index is 4.89. The van der Waals surface area contributed by atoms with Crippen LogP contribution >= 0.6 is 0 Å². The van der Waals surface area contributed by atoms with Gasteiger partial charge in [-0.3, -0.25) is 0 Å². The van der Waals surface area contributed by atoms with E-state index in [2.05, 4.69) is 36.5 Å². The SMILES string of the molecule is C1=CC2=CC=C[C@@H]3c4nc5ccccc5nc4C(=C1)[C@H]23. The van der Waals surface area contributed by atoms with Gasteiger partial charge in [0.05, 0.1) is 22.4 Å². The van der Waals surface area contributed by atoms with E-state index in [-0.39, 0.29) is 0 Å². The summed E-state index contributed by atoms with van der Waals surface area (Å²) in [5, 5.41) is 0. The lowest BCUT2D eigenvalue weighted by atomic mass is 9.79. The van der Waals surface area contributed by atoms with Gasteiger partial charge in [-0.2, -0.15) is 0 Å². The zero-order valence-electron chi connectivity index (χ0n) is 10.8. The third-order valence-corrected chi connectivity index (χ3v) is 4.41. The Labute approximate surface area is 116 Å². The minimum atomic E-state index is 0.346. The van der Waals surface area contributed by atoms with E-state index in [1.807, 2.05) is 24.3 Å². The lowest BCUT2D eigenvalue weighted by molar-refractivity contribution is 0.707. The first-order chi connectivity index (χ1) is 9.92. The van der Waals surface area contributed by atoms with E-state index < -0.39 is 0 Å². The predicted molar refractivity (Wildman–Crippen MR) is 80.1 cm³/mol. The minimum Gasteiger partial charge on any atom is -0.248 e. The summed E-state index contributed by atoms with van der Waals surface area (Å²) in [5.74, 6) is 0.759. The number of hydrogen-bond donors (Lipinski definition) is 0. The van der Waals surface area contributed by atoms with Crippen molar-refractivity contribution in [3.8, 4) is 0 Å². The summed E-state index contributed by atoms with van der Waals surface area (Å²) in [6.45, 7) is 0. The van der Waals surface area contributed by atoms with Crippen LogP contribution in [0.2, 0.25) is 0 Å². The highest BCUT2D eigenvalue weighted by Crippen LogP contribution is 2.51. The van der Waals surface area contributed by atoms with Gasteiger partial charge in [0, 0.05) is 11.8 Å². The summed E-state index contributed by atoms with van der Waals surface area (Å²) < 4.78 is 0. The molecule has 3 aliphatic rings. The van der Waals surface area contributed by atoms with Crippen molar-refractivity contribution in [3.05, 3.63) is 77.7 Å². The molecule has 0 spiro atoms. The molecule has 2 nitrogen and oxygen atoms in total. The van der Waals surface area contributed by atoms with E-state index in [9.17, 15) is 0 Å². The van der Waals surface area contributed by atoms with Crippen molar-refractivity contribution in [1.82, 2.24) is 9.97 Å². The number of fused-ring (bicyclic) bond motifs is 4. The van der Waals surface area contributed by atoms with Crippen LogP contribution in [0.4, 0.5) is 0 Å². The summed E-state index contributed by atoms with van der Waals surface area (Å²) in [6, 6.07) is 8.12. The molecule has 0 aliphatic heterocycles. The van der Waals surface area contributed by atoms with Crippen molar-refractivity contribution >= 4 is 16.6 Å². The van der Waals surface area contributed by atoms with Crippen molar-refractivity contribution in [1.29, 1.82) is 0 Å². The van der Waals surface area contributed by atoms with E-state index in [0.717, 1.165) is 22.4 Å². The normalized spacial score (nSPS) is 25.2. The Bertz CT molecular complexity index is 868. The molecular weight excluding hydrogens is 244 g/mol. The van der Waals surface area contributed by atoms with Crippen molar-refractivity contribution in [2.75, 3.05) is 0 Å². The minimum absolute atomic E-state index is 0.346. The van der Waals surface area contributed by atoms with E-state index in [4.69, 9.17) is 9.97 Å². The molecule has 0 saturated heterocycles. The monoisotopic (exact) mass is 256 g/mol. The molecule has 1 aromatic heterocycles. The maximum absolute atomic E-state index is 4.89. The standard InChI is InChI=1S/C18H12N2/c1-2-10-15-14(9-1)19-17-12-7-3-5-11-6-4-8-13(16(11)12)18(17)20-15/h1-10,12,16H/t12-,16+/m0/s1. The van der Waals surface area contributed by atoms with Gasteiger partial charge in [-0.1, -0.05) is 48.6 Å². The van der Waals surface area contributed by atoms with Gasteiger partial charge in [0.15, 0.2) is 0 Å². The smallest absolute Gasteiger partial charge is 0.0897 e. The molecule has 0 fully saturated rings. The second-order valence-electron chi connectivity index (χ2n) is 5.48. The van der Waals surface area contributed by atoms with Gasteiger partial charge in [0.2, 0.25) is 0 Å². The van der Waals surface area contributed by atoms with Gasteiger partial charge in [0.1, 0.15) is 0 Å². The maximum Gasteiger partial charge on any atom is 0.0897 e. The van der Waals surface area contributed by atoms with Crippen LogP contribution in [-0.4, -0.2) is 9.97 Å².